The molecule has 0 saturated heterocycles. The van der Waals surface area contributed by atoms with Crippen LogP contribution < -0.4 is 10.5 Å². The Balaban J connectivity index is 2.03. The molecule has 1 aliphatic carbocycles. The fourth-order valence-electron chi connectivity index (χ4n) is 2.27. The summed E-state index contributed by atoms with van der Waals surface area (Å²) in [6, 6.07) is 8.18. The molecule has 0 saturated carbocycles. The van der Waals surface area contributed by atoms with Crippen LogP contribution in [0.2, 0.25) is 0 Å². The predicted molar refractivity (Wildman–Crippen MR) is 75.7 cm³/mol. The molecule has 2 heteroatoms. The van der Waals surface area contributed by atoms with Gasteiger partial charge in [0.1, 0.15) is 11.9 Å². The van der Waals surface area contributed by atoms with Gasteiger partial charge in [-0.05, 0) is 56.4 Å². The lowest BCUT2D eigenvalue weighted by atomic mass is 10.0. The molecule has 1 aromatic rings. The molecule has 2 nitrogen and oxygen atoms in total. The Labute approximate surface area is 110 Å². The lowest BCUT2D eigenvalue weighted by Crippen LogP contribution is -2.15. The lowest BCUT2D eigenvalue weighted by molar-refractivity contribution is 0.231. The summed E-state index contributed by atoms with van der Waals surface area (Å²) in [6.07, 6.45) is 10.8. The highest BCUT2D eigenvalue weighted by atomic mass is 16.5. The van der Waals surface area contributed by atoms with Crippen LogP contribution in [0.3, 0.4) is 0 Å². The molecule has 0 amide bonds. The van der Waals surface area contributed by atoms with E-state index in [2.05, 4.69) is 18.2 Å². The smallest absolute Gasteiger partial charge is 0.120 e. The standard InChI is InChI=1S/C16H23NO/c1-13(17)14-8-7-11-16(12-14)18-15-9-5-3-2-4-6-10-15/h5,7-9,11-13,15H,2-4,6,10,17H2,1H3/b9-5+/t13-,15?/m0/s1. The van der Waals surface area contributed by atoms with Crippen molar-refractivity contribution in [1.82, 2.24) is 0 Å². The predicted octanol–water partition coefficient (Wildman–Crippen LogP) is 3.97. The minimum Gasteiger partial charge on any atom is -0.486 e. The zero-order valence-corrected chi connectivity index (χ0v) is 11.1. The fourth-order valence-corrected chi connectivity index (χ4v) is 2.27. The van der Waals surface area contributed by atoms with Gasteiger partial charge in [-0.2, -0.15) is 0 Å². The van der Waals surface area contributed by atoms with Gasteiger partial charge in [-0.25, -0.2) is 0 Å². The largest absolute Gasteiger partial charge is 0.486 e. The van der Waals surface area contributed by atoms with Gasteiger partial charge in [-0.3, -0.25) is 0 Å². The Bertz CT molecular complexity index is 398. The van der Waals surface area contributed by atoms with Crippen molar-refractivity contribution in [3.63, 3.8) is 0 Å². The van der Waals surface area contributed by atoms with Gasteiger partial charge in [-0.15, -0.1) is 0 Å². The van der Waals surface area contributed by atoms with Crippen LogP contribution in [0.4, 0.5) is 0 Å². The molecule has 2 atom stereocenters. The molecular weight excluding hydrogens is 222 g/mol. The van der Waals surface area contributed by atoms with Crippen LogP contribution in [0.25, 0.3) is 0 Å². The van der Waals surface area contributed by atoms with E-state index in [9.17, 15) is 0 Å². The van der Waals surface area contributed by atoms with E-state index in [-0.39, 0.29) is 12.1 Å². The van der Waals surface area contributed by atoms with Gasteiger partial charge in [0.2, 0.25) is 0 Å². The van der Waals surface area contributed by atoms with E-state index in [4.69, 9.17) is 10.5 Å². The summed E-state index contributed by atoms with van der Waals surface area (Å²) in [5.41, 5.74) is 7.02. The summed E-state index contributed by atoms with van der Waals surface area (Å²) in [7, 11) is 0. The van der Waals surface area contributed by atoms with Crippen molar-refractivity contribution in [2.45, 2.75) is 51.2 Å². The van der Waals surface area contributed by atoms with E-state index in [1.165, 1.54) is 25.7 Å². The monoisotopic (exact) mass is 245 g/mol. The maximum Gasteiger partial charge on any atom is 0.120 e. The second kappa shape index (κ2) is 6.60. The van der Waals surface area contributed by atoms with Crippen LogP contribution in [0.15, 0.2) is 36.4 Å². The number of rotatable bonds is 3. The average Bonchev–Trinajstić information content (AvgIpc) is 2.33. The number of nitrogens with two attached hydrogens (primary N) is 1. The van der Waals surface area contributed by atoms with E-state index in [0.29, 0.717) is 0 Å². The molecule has 98 valence electrons. The van der Waals surface area contributed by atoms with Crippen molar-refractivity contribution in [3.05, 3.63) is 42.0 Å². The summed E-state index contributed by atoms with van der Waals surface area (Å²) in [5, 5.41) is 0. The van der Waals surface area contributed by atoms with E-state index in [1.54, 1.807) is 0 Å². The normalized spacial score (nSPS) is 23.8. The minimum atomic E-state index is 0.0569. The Kier molecular flexibility index (Phi) is 4.82. The van der Waals surface area contributed by atoms with Crippen molar-refractivity contribution < 1.29 is 4.74 Å². The molecule has 18 heavy (non-hydrogen) atoms. The molecule has 0 fully saturated rings. The number of allylic oxidation sites excluding steroid dienone is 1. The first kappa shape index (κ1) is 13.2. The van der Waals surface area contributed by atoms with Crippen LogP contribution in [0.5, 0.6) is 5.75 Å². The van der Waals surface area contributed by atoms with Crippen LogP contribution in [0.1, 0.15) is 50.6 Å². The molecule has 0 aromatic heterocycles. The third-order valence-corrected chi connectivity index (χ3v) is 3.38. The van der Waals surface area contributed by atoms with Crippen molar-refractivity contribution in [2.24, 2.45) is 5.73 Å². The summed E-state index contributed by atoms with van der Waals surface area (Å²) in [4.78, 5) is 0. The Morgan fingerprint density at radius 2 is 2.17 bits per heavy atom. The van der Waals surface area contributed by atoms with Gasteiger partial charge in [0.25, 0.3) is 0 Å². The van der Waals surface area contributed by atoms with Gasteiger partial charge >= 0.3 is 0 Å². The first-order valence-corrected chi connectivity index (χ1v) is 6.94. The van der Waals surface area contributed by atoms with E-state index >= 15 is 0 Å². The highest BCUT2D eigenvalue weighted by Gasteiger charge is 2.09. The fraction of sp³-hybridized carbons (Fsp3) is 0.500. The van der Waals surface area contributed by atoms with Crippen LogP contribution in [-0.2, 0) is 0 Å². The molecule has 1 aromatic carbocycles. The first-order valence-electron chi connectivity index (χ1n) is 6.94. The molecule has 1 unspecified atom stereocenters. The summed E-state index contributed by atoms with van der Waals surface area (Å²) < 4.78 is 6.04. The van der Waals surface area contributed by atoms with Gasteiger partial charge in [0, 0.05) is 6.04 Å². The molecule has 2 rings (SSSR count). The number of hydrogen-bond acceptors (Lipinski definition) is 2. The number of benzene rings is 1. The Morgan fingerprint density at radius 3 is 3.00 bits per heavy atom. The molecule has 0 radical (unpaired) electrons. The van der Waals surface area contributed by atoms with Gasteiger partial charge < -0.3 is 10.5 Å². The quantitative estimate of drug-likeness (QED) is 0.818. The minimum absolute atomic E-state index is 0.0569. The SMILES string of the molecule is C[C@H](N)c1cccc(OC2/C=C/CCCCC2)c1. The maximum atomic E-state index is 6.04. The lowest BCUT2D eigenvalue weighted by Gasteiger charge is -2.18. The van der Waals surface area contributed by atoms with E-state index < -0.39 is 0 Å². The number of hydrogen-bond donors (Lipinski definition) is 1. The molecule has 0 spiro atoms. The van der Waals surface area contributed by atoms with Crippen molar-refractivity contribution in [2.75, 3.05) is 0 Å². The second-order valence-corrected chi connectivity index (χ2v) is 5.08. The summed E-state index contributed by atoms with van der Waals surface area (Å²) in [5.74, 6) is 0.931. The molecule has 1 aliphatic rings. The van der Waals surface area contributed by atoms with Crippen molar-refractivity contribution in [1.29, 1.82) is 0 Å². The van der Waals surface area contributed by atoms with Gasteiger partial charge in [-0.1, -0.05) is 24.6 Å². The molecule has 0 heterocycles. The number of ether oxygens (including phenoxy) is 1. The zero-order chi connectivity index (χ0) is 12.8. The first-order chi connectivity index (χ1) is 8.75. The topological polar surface area (TPSA) is 35.2 Å². The third-order valence-electron chi connectivity index (χ3n) is 3.38. The zero-order valence-electron chi connectivity index (χ0n) is 11.1. The summed E-state index contributed by atoms with van der Waals surface area (Å²) in [6.45, 7) is 1.99. The molecule has 0 aliphatic heterocycles. The Morgan fingerprint density at radius 1 is 1.28 bits per heavy atom. The average molecular weight is 245 g/mol. The highest BCUT2D eigenvalue weighted by Crippen LogP contribution is 2.21. The molecular formula is C16H23NO. The van der Waals surface area contributed by atoms with Crippen LogP contribution >= 0.6 is 0 Å². The third kappa shape index (κ3) is 3.88. The molecule has 2 N–H and O–H groups in total. The van der Waals surface area contributed by atoms with E-state index in [0.717, 1.165) is 17.7 Å². The van der Waals surface area contributed by atoms with Gasteiger partial charge in [0.15, 0.2) is 0 Å². The molecule has 0 bridgehead atoms. The summed E-state index contributed by atoms with van der Waals surface area (Å²) >= 11 is 0. The van der Waals surface area contributed by atoms with E-state index in [1.807, 2.05) is 25.1 Å². The Hall–Kier alpha value is -1.28. The maximum absolute atomic E-state index is 6.04. The van der Waals surface area contributed by atoms with Crippen LogP contribution in [-0.4, -0.2) is 6.10 Å². The van der Waals surface area contributed by atoms with Crippen molar-refractivity contribution in [3.8, 4) is 5.75 Å². The van der Waals surface area contributed by atoms with Gasteiger partial charge in [0.05, 0.1) is 0 Å². The second-order valence-electron chi connectivity index (χ2n) is 5.08. The van der Waals surface area contributed by atoms with Crippen LogP contribution in [0, 0.1) is 0 Å². The van der Waals surface area contributed by atoms with Crippen molar-refractivity contribution >= 4 is 0 Å². The highest BCUT2D eigenvalue weighted by molar-refractivity contribution is 5.30.